The largest absolute Gasteiger partial charge is 0.367 e. The van der Waals surface area contributed by atoms with Crippen molar-refractivity contribution in [2.75, 3.05) is 11.9 Å². The first kappa shape index (κ1) is 22.7. The fourth-order valence-corrected chi connectivity index (χ4v) is 4.39. The molecular weight excluding hydrogens is 469 g/mol. The Kier molecular flexibility index (Phi) is 5.96. The molecule has 1 saturated carbocycles. The number of primary amides is 1. The molecule has 8 heteroatoms. The third-order valence-corrected chi connectivity index (χ3v) is 6.75. The minimum absolute atomic E-state index is 0.387. The highest BCUT2D eigenvalue weighted by Crippen LogP contribution is 2.43. The summed E-state index contributed by atoms with van der Waals surface area (Å²) in [7, 11) is 0. The van der Waals surface area contributed by atoms with E-state index >= 15 is 0 Å². The van der Waals surface area contributed by atoms with E-state index in [-0.39, 0.29) is 0 Å². The normalized spacial score (nSPS) is 13.6. The molecule has 5 rings (SSSR count). The van der Waals surface area contributed by atoms with Crippen LogP contribution < -0.4 is 11.1 Å². The van der Waals surface area contributed by atoms with Gasteiger partial charge in [0.15, 0.2) is 11.5 Å². The SMILES string of the molecule is CC(C)CNc1nc(-c2ccc(Cl)c(Cl)c2)cn2c(-c3ccc(C(N)=O)c(C4CC4)c3)cnc12. The lowest BCUT2D eigenvalue weighted by Gasteiger charge is -2.13. The fraction of sp³-hybridized carbons (Fsp3) is 0.269. The molecule has 1 amide bonds. The summed E-state index contributed by atoms with van der Waals surface area (Å²) in [5.41, 5.74) is 11.4. The number of fused-ring (bicyclic) bond motifs is 1. The summed E-state index contributed by atoms with van der Waals surface area (Å²) in [6.45, 7) is 5.04. The van der Waals surface area contributed by atoms with Crippen LogP contribution in [0.25, 0.3) is 28.2 Å². The Morgan fingerprint density at radius 1 is 1.15 bits per heavy atom. The van der Waals surface area contributed by atoms with Crippen molar-refractivity contribution in [3.63, 3.8) is 0 Å². The molecule has 2 aromatic heterocycles. The number of carbonyl (C=O) groups excluding carboxylic acids is 1. The van der Waals surface area contributed by atoms with E-state index in [2.05, 4.69) is 30.2 Å². The van der Waals surface area contributed by atoms with Crippen LogP contribution in [0.3, 0.4) is 0 Å². The number of aromatic nitrogens is 3. The molecule has 3 N–H and O–H groups in total. The summed E-state index contributed by atoms with van der Waals surface area (Å²) in [6.07, 6.45) is 5.94. The van der Waals surface area contributed by atoms with E-state index in [0.717, 1.165) is 53.1 Å². The van der Waals surface area contributed by atoms with Crippen LogP contribution in [0.2, 0.25) is 10.0 Å². The second kappa shape index (κ2) is 8.93. The Morgan fingerprint density at radius 3 is 2.59 bits per heavy atom. The Morgan fingerprint density at radius 2 is 1.91 bits per heavy atom. The second-order valence-corrected chi connectivity index (χ2v) is 9.97. The number of rotatable bonds is 7. The third kappa shape index (κ3) is 4.36. The van der Waals surface area contributed by atoms with E-state index in [4.69, 9.17) is 33.9 Å². The van der Waals surface area contributed by atoms with Crippen molar-refractivity contribution in [2.24, 2.45) is 11.7 Å². The number of benzene rings is 2. The monoisotopic (exact) mass is 493 g/mol. The minimum atomic E-state index is -0.391. The van der Waals surface area contributed by atoms with E-state index in [9.17, 15) is 4.79 Å². The van der Waals surface area contributed by atoms with E-state index in [1.165, 1.54) is 0 Å². The zero-order valence-corrected chi connectivity index (χ0v) is 20.5. The van der Waals surface area contributed by atoms with Gasteiger partial charge >= 0.3 is 0 Å². The summed E-state index contributed by atoms with van der Waals surface area (Å²) in [4.78, 5) is 21.5. The summed E-state index contributed by atoms with van der Waals surface area (Å²) in [6, 6.07) is 11.3. The smallest absolute Gasteiger partial charge is 0.248 e. The van der Waals surface area contributed by atoms with Crippen LogP contribution in [0.1, 0.15) is 48.5 Å². The average molecular weight is 494 g/mol. The average Bonchev–Trinajstić information content (AvgIpc) is 3.57. The second-order valence-electron chi connectivity index (χ2n) is 9.16. The predicted molar refractivity (Wildman–Crippen MR) is 138 cm³/mol. The molecule has 1 fully saturated rings. The van der Waals surface area contributed by atoms with Crippen molar-refractivity contribution >= 4 is 40.6 Å². The molecule has 0 radical (unpaired) electrons. The van der Waals surface area contributed by atoms with Gasteiger partial charge in [-0.05, 0) is 54.5 Å². The maximum atomic E-state index is 12.0. The van der Waals surface area contributed by atoms with Gasteiger partial charge in [0.25, 0.3) is 0 Å². The highest BCUT2D eigenvalue weighted by molar-refractivity contribution is 6.42. The number of carbonyl (C=O) groups is 1. The fourth-order valence-electron chi connectivity index (χ4n) is 4.09. The molecule has 0 saturated heterocycles. The first-order valence-corrected chi connectivity index (χ1v) is 12.1. The Bertz CT molecular complexity index is 1410. The first-order chi connectivity index (χ1) is 16.3. The van der Waals surface area contributed by atoms with Crippen LogP contribution in [-0.2, 0) is 0 Å². The van der Waals surface area contributed by atoms with E-state index in [0.29, 0.717) is 33.3 Å². The maximum Gasteiger partial charge on any atom is 0.248 e. The van der Waals surface area contributed by atoms with Gasteiger partial charge in [-0.15, -0.1) is 0 Å². The van der Waals surface area contributed by atoms with Crippen molar-refractivity contribution < 1.29 is 4.79 Å². The van der Waals surface area contributed by atoms with Gasteiger partial charge < -0.3 is 11.1 Å². The summed E-state index contributed by atoms with van der Waals surface area (Å²) in [5, 5.41) is 4.40. The van der Waals surface area contributed by atoms with Gasteiger partial charge in [0.05, 0.1) is 27.6 Å². The molecule has 0 unspecified atom stereocenters. The zero-order valence-electron chi connectivity index (χ0n) is 19.0. The highest BCUT2D eigenvalue weighted by atomic mass is 35.5. The van der Waals surface area contributed by atoms with Crippen molar-refractivity contribution in [3.05, 3.63) is 70.0 Å². The van der Waals surface area contributed by atoms with Crippen molar-refractivity contribution in [3.8, 4) is 22.5 Å². The zero-order chi connectivity index (χ0) is 24.0. The molecule has 0 spiro atoms. The third-order valence-electron chi connectivity index (χ3n) is 6.02. The summed E-state index contributed by atoms with van der Waals surface area (Å²) < 4.78 is 2.03. The molecule has 2 heterocycles. The number of nitrogens with zero attached hydrogens (tertiary/aromatic N) is 3. The molecule has 6 nitrogen and oxygen atoms in total. The Labute approximate surface area is 208 Å². The molecule has 2 aromatic carbocycles. The predicted octanol–water partition coefficient (Wildman–Crippen LogP) is 6.41. The van der Waals surface area contributed by atoms with Crippen LogP contribution in [0.4, 0.5) is 5.82 Å². The number of nitrogens with two attached hydrogens (primary N) is 1. The van der Waals surface area contributed by atoms with Crippen LogP contribution in [0.15, 0.2) is 48.8 Å². The van der Waals surface area contributed by atoms with Crippen LogP contribution in [0.5, 0.6) is 0 Å². The van der Waals surface area contributed by atoms with Gasteiger partial charge in [-0.25, -0.2) is 9.97 Å². The molecule has 1 aliphatic carbocycles. The maximum absolute atomic E-state index is 12.0. The van der Waals surface area contributed by atoms with Crippen LogP contribution in [0, 0.1) is 5.92 Å². The molecule has 174 valence electrons. The first-order valence-electron chi connectivity index (χ1n) is 11.3. The molecule has 0 bridgehead atoms. The van der Waals surface area contributed by atoms with Crippen molar-refractivity contribution in [2.45, 2.75) is 32.6 Å². The Balaban J connectivity index is 1.68. The van der Waals surface area contributed by atoms with Gasteiger partial charge in [-0.2, -0.15) is 0 Å². The summed E-state index contributed by atoms with van der Waals surface area (Å²) >= 11 is 12.4. The van der Waals surface area contributed by atoms with Gasteiger partial charge in [-0.3, -0.25) is 9.20 Å². The number of anilines is 1. The van der Waals surface area contributed by atoms with Gasteiger partial charge in [0.1, 0.15) is 0 Å². The van der Waals surface area contributed by atoms with E-state index in [1.54, 1.807) is 6.07 Å². The Hall–Kier alpha value is -3.09. The lowest BCUT2D eigenvalue weighted by molar-refractivity contribution is 0.0999. The van der Waals surface area contributed by atoms with Crippen LogP contribution in [-0.4, -0.2) is 26.8 Å². The van der Waals surface area contributed by atoms with Gasteiger partial charge in [0.2, 0.25) is 5.91 Å². The number of hydrogen-bond donors (Lipinski definition) is 2. The number of imidazole rings is 1. The number of halogens is 2. The minimum Gasteiger partial charge on any atom is -0.367 e. The number of hydrogen-bond acceptors (Lipinski definition) is 4. The number of amides is 1. The summed E-state index contributed by atoms with van der Waals surface area (Å²) in [5.74, 6) is 1.13. The molecule has 4 aromatic rings. The molecule has 34 heavy (non-hydrogen) atoms. The lowest BCUT2D eigenvalue weighted by Crippen LogP contribution is -2.13. The van der Waals surface area contributed by atoms with Crippen LogP contribution >= 0.6 is 23.2 Å². The number of nitrogens with one attached hydrogen (secondary N) is 1. The molecular formula is C26H25Cl2N5O. The van der Waals surface area contributed by atoms with Crippen molar-refractivity contribution in [1.82, 2.24) is 14.4 Å². The quantitative estimate of drug-likeness (QED) is 0.311. The standard InChI is InChI=1S/C26H25Cl2N5O/c1-14(2)11-30-25-26-31-12-23(17-5-7-18(24(29)34)19(9-17)15-3-4-15)33(26)13-22(32-25)16-6-8-20(27)21(28)10-16/h5-10,12-15H,3-4,11H2,1-2H3,(H2,29,34)(H,30,32). The van der Waals surface area contributed by atoms with Gasteiger partial charge in [-0.1, -0.05) is 49.2 Å². The molecule has 0 atom stereocenters. The molecule has 1 aliphatic rings. The molecule has 0 aliphatic heterocycles. The highest BCUT2D eigenvalue weighted by Gasteiger charge is 2.28. The van der Waals surface area contributed by atoms with Gasteiger partial charge in [0, 0.05) is 29.4 Å². The lowest BCUT2D eigenvalue weighted by atomic mass is 9.98. The van der Waals surface area contributed by atoms with E-state index in [1.807, 2.05) is 41.1 Å². The topological polar surface area (TPSA) is 85.3 Å². The van der Waals surface area contributed by atoms with E-state index < -0.39 is 5.91 Å². The van der Waals surface area contributed by atoms with Crippen molar-refractivity contribution in [1.29, 1.82) is 0 Å².